The summed E-state index contributed by atoms with van der Waals surface area (Å²) in [6.45, 7) is 3.66. The molecule has 36 heavy (non-hydrogen) atoms. The molecule has 0 unspecified atom stereocenters. The molecular formula is C26H25BrN2O6S. The van der Waals surface area contributed by atoms with Gasteiger partial charge in [-0.2, -0.15) is 0 Å². The van der Waals surface area contributed by atoms with Crippen LogP contribution in [0.4, 0.5) is 0 Å². The van der Waals surface area contributed by atoms with Crippen molar-refractivity contribution in [3.05, 3.63) is 83.0 Å². The Morgan fingerprint density at radius 2 is 1.81 bits per heavy atom. The summed E-state index contributed by atoms with van der Waals surface area (Å²) in [6, 6.07) is 9.96. The Bertz CT molecular complexity index is 1540. The molecule has 0 saturated heterocycles. The number of allylic oxidation sites excluding steroid dienone is 1. The van der Waals surface area contributed by atoms with Gasteiger partial charge in [0.05, 0.1) is 43.7 Å². The number of rotatable bonds is 7. The molecule has 4 rings (SSSR count). The second kappa shape index (κ2) is 10.7. The molecule has 10 heteroatoms. The van der Waals surface area contributed by atoms with Gasteiger partial charge < -0.3 is 18.9 Å². The van der Waals surface area contributed by atoms with Crippen molar-refractivity contribution >= 4 is 39.3 Å². The fraction of sp³-hybridized carbons (Fsp3) is 0.269. The molecular weight excluding hydrogens is 548 g/mol. The van der Waals surface area contributed by atoms with E-state index in [9.17, 15) is 9.59 Å². The molecule has 0 saturated carbocycles. The first-order valence-electron chi connectivity index (χ1n) is 11.1. The Hall–Kier alpha value is -3.37. The van der Waals surface area contributed by atoms with Crippen LogP contribution in [0.2, 0.25) is 0 Å². The van der Waals surface area contributed by atoms with Gasteiger partial charge in [-0.05, 0) is 61.9 Å². The van der Waals surface area contributed by atoms with Crippen molar-refractivity contribution in [1.82, 2.24) is 4.57 Å². The number of fused-ring (bicyclic) bond motifs is 1. The summed E-state index contributed by atoms with van der Waals surface area (Å²) in [5.74, 6) is 1.18. The number of carbonyl (C=O) groups is 1. The van der Waals surface area contributed by atoms with Crippen molar-refractivity contribution in [3.8, 4) is 17.2 Å². The maximum atomic E-state index is 13.8. The van der Waals surface area contributed by atoms with Gasteiger partial charge in [0, 0.05) is 10.0 Å². The molecule has 0 spiro atoms. The molecule has 0 fully saturated rings. The number of hydrogen-bond donors (Lipinski definition) is 0. The molecule has 0 N–H and O–H groups in total. The quantitative estimate of drug-likeness (QED) is 0.402. The first-order chi connectivity index (χ1) is 17.3. The molecule has 2 heterocycles. The summed E-state index contributed by atoms with van der Waals surface area (Å²) in [4.78, 5) is 32.1. The zero-order valence-corrected chi connectivity index (χ0v) is 22.9. The number of esters is 1. The van der Waals surface area contributed by atoms with Crippen LogP contribution >= 0.6 is 27.3 Å². The highest BCUT2D eigenvalue weighted by Gasteiger charge is 2.35. The summed E-state index contributed by atoms with van der Waals surface area (Å²) in [5, 5.41) is 0. The first-order valence-corrected chi connectivity index (χ1v) is 12.7. The van der Waals surface area contributed by atoms with E-state index in [1.54, 1.807) is 52.3 Å². The molecule has 1 aliphatic rings. The van der Waals surface area contributed by atoms with Crippen LogP contribution in [0.1, 0.15) is 31.0 Å². The third-order valence-corrected chi connectivity index (χ3v) is 7.44. The van der Waals surface area contributed by atoms with Gasteiger partial charge in [-0.15, -0.1) is 0 Å². The highest BCUT2D eigenvalue weighted by Crippen LogP contribution is 2.37. The lowest BCUT2D eigenvalue weighted by Gasteiger charge is -2.26. The van der Waals surface area contributed by atoms with Crippen molar-refractivity contribution in [2.24, 2.45) is 4.99 Å². The predicted octanol–water partition coefficient (Wildman–Crippen LogP) is 3.59. The number of thiazole rings is 1. The highest BCUT2D eigenvalue weighted by atomic mass is 79.9. The molecule has 0 amide bonds. The van der Waals surface area contributed by atoms with Crippen LogP contribution in [0, 0.1) is 0 Å². The molecule has 0 radical (unpaired) electrons. The fourth-order valence-corrected chi connectivity index (χ4v) is 5.44. The normalized spacial score (nSPS) is 15.3. The second-order valence-corrected chi connectivity index (χ2v) is 9.66. The summed E-state index contributed by atoms with van der Waals surface area (Å²) in [5.41, 5.74) is 1.81. The number of methoxy groups -OCH3 is 3. The van der Waals surface area contributed by atoms with E-state index in [-0.39, 0.29) is 17.7 Å². The zero-order valence-electron chi connectivity index (χ0n) is 20.5. The van der Waals surface area contributed by atoms with Crippen LogP contribution in [0.3, 0.4) is 0 Å². The SMILES string of the molecule is CCOC(=O)C1=C(C)N=c2s/c(=C\c3cc(OC)ccc3Br)c(=O)n2[C@H]1c1cc(OC)ccc1OC. The van der Waals surface area contributed by atoms with Crippen LogP contribution in [0.15, 0.2) is 61.9 Å². The van der Waals surface area contributed by atoms with Crippen molar-refractivity contribution in [3.63, 3.8) is 0 Å². The Kier molecular flexibility index (Phi) is 7.65. The Morgan fingerprint density at radius 1 is 1.11 bits per heavy atom. The van der Waals surface area contributed by atoms with Gasteiger partial charge in [0.15, 0.2) is 4.80 Å². The summed E-state index contributed by atoms with van der Waals surface area (Å²) in [7, 11) is 4.68. The van der Waals surface area contributed by atoms with E-state index in [0.29, 0.717) is 37.8 Å². The summed E-state index contributed by atoms with van der Waals surface area (Å²) < 4.78 is 24.5. The lowest BCUT2D eigenvalue weighted by Crippen LogP contribution is -2.40. The second-order valence-electron chi connectivity index (χ2n) is 7.80. The van der Waals surface area contributed by atoms with E-state index in [0.717, 1.165) is 10.0 Å². The minimum atomic E-state index is -0.818. The number of benzene rings is 2. The van der Waals surface area contributed by atoms with E-state index in [1.165, 1.54) is 23.0 Å². The first kappa shape index (κ1) is 25.7. The number of hydrogen-bond acceptors (Lipinski definition) is 8. The zero-order chi connectivity index (χ0) is 26.0. The minimum absolute atomic E-state index is 0.186. The molecule has 0 bridgehead atoms. The van der Waals surface area contributed by atoms with Crippen molar-refractivity contribution in [2.45, 2.75) is 19.9 Å². The van der Waals surface area contributed by atoms with Gasteiger partial charge in [0.25, 0.3) is 5.56 Å². The molecule has 2 aromatic carbocycles. The summed E-state index contributed by atoms with van der Waals surface area (Å²) in [6.07, 6.45) is 1.78. The average molecular weight is 573 g/mol. The molecule has 0 aliphatic carbocycles. The van der Waals surface area contributed by atoms with Gasteiger partial charge in [-0.25, -0.2) is 9.79 Å². The molecule has 3 aromatic rings. The number of ether oxygens (including phenoxy) is 4. The van der Waals surface area contributed by atoms with Gasteiger partial charge in [0.1, 0.15) is 23.3 Å². The van der Waals surface area contributed by atoms with E-state index >= 15 is 0 Å². The van der Waals surface area contributed by atoms with Crippen LogP contribution in [0.25, 0.3) is 6.08 Å². The van der Waals surface area contributed by atoms with E-state index in [1.807, 2.05) is 18.2 Å². The number of aromatic nitrogens is 1. The summed E-state index contributed by atoms with van der Waals surface area (Å²) >= 11 is 4.78. The minimum Gasteiger partial charge on any atom is -0.497 e. The van der Waals surface area contributed by atoms with Gasteiger partial charge in [0.2, 0.25) is 0 Å². The standard InChI is InChI=1S/C26H25BrN2O6S/c1-6-35-25(31)22-14(2)28-26-29(23(22)18-13-17(33-4)8-10-20(18)34-5)24(30)21(36-26)12-15-11-16(32-3)7-9-19(15)27/h7-13,23H,6H2,1-5H3/b21-12-/t23-/m0/s1. The predicted molar refractivity (Wildman–Crippen MR) is 141 cm³/mol. The maximum absolute atomic E-state index is 13.8. The number of nitrogens with zero attached hydrogens (tertiary/aromatic N) is 2. The fourth-order valence-electron chi connectivity index (χ4n) is 4.04. The average Bonchev–Trinajstić information content (AvgIpc) is 3.18. The molecule has 1 aromatic heterocycles. The smallest absolute Gasteiger partial charge is 0.338 e. The molecule has 188 valence electrons. The van der Waals surface area contributed by atoms with Crippen LogP contribution in [-0.2, 0) is 9.53 Å². The van der Waals surface area contributed by atoms with Crippen LogP contribution in [0.5, 0.6) is 17.2 Å². The van der Waals surface area contributed by atoms with Crippen molar-refractivity contribution in [1.29, 1.82) is 0 Å². The number of carbonyl (C=O) groups excluding carboxylic acids is 1. The van der Waals surface area contributed by atoms with E-state index in [4.69, 9.17) is 18.9 Å². The van der Waals surface area contributed by atoms with Crippen LogP contribution < -0.4 is 29.1 Å². The topological polar surface area (TPSA) is 88.4 Å². The lowest BCUT2D eigenvalue weighted by atomic mass is 9.94. The third-order valence-electron chi connectivity index (χ3n) is 5.74. The molecule has 1 atom stereocenters. The number of halogens is 1. The molecule has 8 nitrogen and oxygen atoms in total. The molecule has 1 aliphatic heterocycles. The Morgan fingerprint density at radius 3 is 2.47 bits per heavy atom. The van der Waals surface area contributed by atoms with E-state index < -0.39 is 12.0 Å². The van der Waals surface area contributed by atoms with Crippen molar-refractivity contribution < 1.29 is 23.7 Å². The maximum Gasteiger partial charge on any atom is 0.338 e. The lowest BCUT2D eigenvalue weighted by molar-refractivity contribution is -0.139. The monoisotopic (exact) mass is 572 g/mol. The van der Waals surface area contributed by atoms with Gasteiger partial charge >= 0.3 is 5.97 Å². The van der Waals surface area contributed by atoms with Gasteiger partial charge in [-0.3, -0.25) is 9.36 Å². The van der Waals surface area contributed by atoms with Gasteiger partial charge in [-0.1, -0.05) is 27.3 Å². The van der Waals surface area contributed by atoms with Crippen LogP contribution in [-0.4, -0.2) is 38.5 Å². The largest absolute Gasteiger partial charge is 0.497 e. The highest BCUT2D eigenvalue weighted by molar-refractivity contribution is 9.10. The Balaban J connectivity index is 2.02. The van der Waals surface area contributed by atoms with Crippen molar-refractivity contribution in [2.75, 3.05) is 27.9 Å². The van der Waals surface area contributed by atoms with E-state index in [2.05, 4.69) is 20.9 Å². The third kappa shape index (κ3) is 4.70. The Labute approximate surface area is 220 Å².